The molecule has 0 atom stereocenters. The molecular weight excluding hydrogens is 1010 g/mol. The Hall–Kier alpha value is -7.91. The standard InChI is InChI=1S/C63H46N3O.Pt/c1-63(2,51-25-13-6-14-26-51)52-35-33-44(34-36-52)47-37-38-64-57(42-47)50-40-48(43-19-7-3-8-20-43)39-49(41-50)54-28-18-32-59-60(54)65-62(56-30-17-29-55(61(56)67)46-23-11-5-12-24-46)66(59)58-31-16-15-27-53(58)45-21-9-4-10-22-45;/h3-40,42,67H,1-2H3;/q-1;. The van der Waals surface area contributed by atoms with Gasteiger partial charge in [-0.1, -0.05) is 225 Å². The fourth-order valence-electron chi connectivity index (χ4n) is 9.35. The SMILES string of the molecule is CC(C)(c1ccccc1)c1ccc(-c2ccnc(-c3[c-]c(-c4cccc5c4nc(-c4cccc(-c6ccccc6)c4O)n5-c4ccccc4-c4ccccc4)cc(-c4ccccc4)c3)c2)cc1.[Pt]. The summed E-state index contributed by atoms with van der Waals surface area (Å²) in [6.45, 7) is 4.55. The van der Waals surface area contributed by atoms with Crippen LogP contribution in [0.3, 0.4) is 0 Å². The number of phenols is 1. The van der Waals surface area contributed by atoms with E-state index in [9.17, 15) is 5.11 Å². The molecule has 0 amide bonds. The number of phenolic OH excluding ortho intramolecular Hbond substituents is 1. The summed E-state index contributed by atoms with van der Waals surface area (Å²) in [5, 5.41) is 12.2. The zero-order valence-electron chi connectivity index (χ0n) is 37.6. The second kappa shape index (κ2) is 18.8. The number of imidazole rings is 1. The summed E-state index contributed by atoms with van der Waals surface area (Å²) in [6.07, 6.45) is 1.89. The second-order valence-corrected chi connectivity index (χ2v) is 17.5. The quantitative estimate of drug-likeness (QED) is 0.139. The van der Waals surface area contributed by atoms with Gasteiger partial charge in [-0.25, -0.2) is 4.98 Å². The predicted octanol–water partition coefficient (Wildman–Crippen LogP) is 15.9. The number of nitrogens with zero attached hydrogens (tertiary/aromatic N) is 3. The minimum Gasteiger partial charge on any atom is -0.507 e. The Kier molecular flexibility index (Phi) is 12.1. The molecule has 0 bridgehead atoms. The molecule has 0 fully saturated rings. The zero-order chi connectivity index (χ0) is 45.3. The summed E-state index contributed by atoms with van der Waals surface area (Å²) in [4.78, 5) is 10.5. The van der Waals surface area contributed by atoms with E-state index in [1.165, 1.54) is 11.1 Å². The summed E-state index contributed by atoms with van der Waals surface area (Å²) < 4.78 is 2.20. The maximum Gasteiger partial charge on any atom is 0.148 e. The van der Waals surface area contributed by atoms with E-state index in [2.05, 4.69) is 194 Å². The Morgan fingerprint density at radius 3 is 1.68 bits per heavy atom. The largest absolute Gasteiger partial charge is 0.507 e. The van der Waals surface area contributed by atoms with Crippen LogP contribution in [0.4, 0.5) is 0 Å². The van der Waals surface area contributed by atoms with Crippen molar-refractivity contribution >= 4 is 11.0 Å². The van der Waals surface area contributed by atoms with Crippen LogP contribution in [-0.4, -0.2) is 19.6 Å². The fourth-order valence-corrected chi connectivity index (χ4v) is 9.35. The van der Waals surface area contributed by atoms with Gasteiger partial charge in [-0.2, -0.15) is 0 Å². The average molecular weight is 1060 g/mol. The first-order valence-electron chi connectivity index (χ1n) is 22.7. The molecule has 1 N–H and O–H groups in total. The van der Waals surface area contributed by atoms with Crippen molar-refractivity contribution in [1.29, 1.82) is 0 Å². The monoisotopic (exact) mass is 1060 g/mol. The number of aromatic nitrogens is 3. The number of aromatic hydroxyl groups is 1. The van der Waals surface area contributed by atoms with E-state index in [1.807, 2.05) is 66.9 Å². The summed E-state index contributed by atoms with van der Waals surface area (Å²) in [6, 6.07) is 83.6. The van der Waals surface area contributed by atoms with Gasteiger partial charge >= 0.3 is 0 Å². The molecule has 9 aromatic carbocycles. The summed E-state index contributed by atoms with van der Waals surface area (Å²) >= 11 is 0. The Labute approximate surface area is 412 Å². The summed E-state index contributed by atoms with van der Waals surface area (Å²) in [5.74, 6) is 0.803. The van der Waals surface area contributed by atoms with Gasteiger partial charge in [0.2, 0.25) is 0 Å². The molecular formula is C63H46N3OPt-. The van der Waals surface area contributed by atoms with Crippen LogP contribution in [0.5, 0.6) is 5.75 Å². The summed E-state index contributed by atoms with van der Waals surface area (Å²) in [7, 11) is 0. The number of hydrogen-bond donors (Lipinski definition) is 1. The molecule has 11 aromatic rings. The van der Waals surface area contributed by atoms with Crippen LogP contribution in [-0.2, 0) is 26.5 Å². The van der Waals surface area contributed by atoms with Crippen LogP contribution in [0.15, 0.2) is 237 Å². The molecule has 0 aliphatic heterocycles. The second-order valence-electron chi connectivity index (χ2n) is 17.5. The van der Waals surface area contributed by atoms with Crippen molar-refractivity contribution in [3.05, 3.63) is 254 Å². The van der Waals surface area contributed by atoms with Gasteiger partial charge in [-0.3, -0.25) is 9.55 Å². The topological polar surface area (TPSA) is 50.9 Å². The van der Waals surface area contributed by atoms with Gasteiger partial charge in [0.1, 0.15) is 11.6 Å². The normalized spacial score (nSPS) is 11.3. The van der Waals surface area contributed by atoms with Crippen molar-refractivity contribution in [3.63, 3.8) is 0 Å². The van der Waals surface area contributed by atoms with Crippen molar-refractivity contribution in [1.82, 2.24) is 14.5 Å². The zero-order valence-corrected chi connectivity index (χ0v) is 39.9. The third kappa shape index (κ3) is 8.29. The molecule has 11 rings (SSSR count). The van der Waals surface area contributed by atoms with Gasteiger partial charge in [0, 0.05) is 49.5 Å². The van der Waals surface area contributed by atoms with E-state index in [0.717, 1.165) is 83.6 Å². The number of rotatable bonds is 10. The first kappa shape index (κ1) is 44.0. The predicted molar refractivity (Wildman–Crippen MR) is 276 cm³/mol. The third-order valence-corrected chi connectivity index (χ3v) is 13.0. The molecule has 0 aliphatic carbocycles. The smallest absolute Gasteiger partial charge is 0.148 e. The third-order valence-electron chi connectivity index (χ3n) is 13.0. The molecule has 330 valence electrons. The maximum absolute atomic E-state index is 12.2. The number of pyridine rings is 1. The van der Waals surface area contributed by atoms with Gasteiger partial charge < -0.3 is 5.11 Å². The van der Waals surface area contributed by atoms with E-state index in [4.69, 9.17) is 9.97 Å². The fraction of sp³-hybridized carbons (Fsp3) is 0.0476. The average Bonchev–Trinajstić information content (AvgIpc) is 3.79. The number of para-hydroxylation sites is 3. The Balaban J connectivity index is 0.00000539. The molecule has 68 heavy (non-hydrogen) atoms. The van der Waals surface area contributed by atoms with E-state index >= 15 is 0 Å². The molecule has 5 heteroatoms. The van der Waals surface area contributed by atoms with Crippen molar-refractivity contribution in [2.45, 2.75) is 19.3 Å². The number of fused-ring (bicyclic) bond motifs is 1. The van der Waals surface area contributed by atoms with Gasteiger partial charge in [0.25, 0.3) is 0 Å². The molecule has 4 nitrogen and oxygen atoms in total. The molecule has 0 radical (unpaired) electrons. The van der Waals surface area contributed by atoms with Gasteiger partial charge in [-0.15, -0.1) is 23.8 Å². The molecule has 0 unspecified atom stereocenters. The molecule has 0 spiro atoms. The molecule has 0 saturated carbocycles. The minimum absolute atomic E-state index is 0. The van der Waals surface area contributed by atoms with Crippen molar-refractivity contribution in [2.75, 3.05) is 0 Å². The van der Waals surface area contributed by atoms with Crippen molar-refractivity contribution in [3.8, 4) is 89.7 Å². The number of hydrogen-bond acceptors (Lipinski definition) is 3. The van der Waals surface area contributed by atoms with Crippen LogP contribution in [0, 0.1) is 6.07 Å². The van der Waals surface area contributed by atoms with E-state index < -0.39 is 0 Å². The Bertz CT molecular complexity index is 3530. The van der Waals surface area contributed by atoms with Crippen LogP contribution in [0.2, 0.25) is 0 Å². The Morgan fingerprint density at radius 2 is 0.971 bits per heavy atom. The molecule has 0 saturated heterocycles. The van der Waals surface area contributed by atoms with E-state index in [-0.39, 0.29) is 32.2 Å². The van der Waals surface area contributed by atoms with Gasteiger partial charge in [-0.05, 0) is 63.2 Å². The van der Waals surface area contributed by atoms with Crippen LogP contribution in [0.1, 0.15) is 25.0 Å². The van der Waals surface area contributed by atoms with Gasteiger partial charge in [0.05, 0.1) is 22.3 Å². The first-order chi connectivity index (χ1) is 32.9. The van der Waals surface area contributed by atoms with Crippen LogP contribution >= 0.6 is 0 Å². The molecule has 2 aromatic heterocycles. The van der Waals surface area contributed by atoms with Crippen LogP contribution in [0.25, 0.3) is 95.0 Å². The van der Waals surface area contributed by atoms with Gasteiger partial charge in [0.15, 0.2) is 0 Å². The van der Waals surface area contributed by atoms with Crippen molar-refractivity contribution < 1.29 is 26.2 Å². The molecule has 0 aliphatic rings. The minimum atomic E-state index is -0.135. The van der Waals surface area contributed by atoms with E-state index in [0.29, 0.717) is 11.4 Å². The summed E-state index contributed by atoms with van der Waals surface area (Å²) in [5.41, 5.74) is 17.3. The van der Waals surface area contributed by atoms with E-state index in [1.54, 1.807) is 0 Å². The molecule has 2 heterocycles. The first-order valence-corrected chi connectivity index (χ1v) is 22.7. The maximum atomic E-state index is 12.2. The number of benzene rings is 9. The van der Waals surface area contributed by atoms with Crippen molar-refractivity contribution in [2.24, 2.45) is 0 Å². The Morgan fingerprint density at radius 1 is 0.441 bits per heavy atom. The van der Waals surface area contributed by atoms with Crippen LogP contribution < -0.4 is 0 Å².